The number of hydrogen-bond acceptors (Lipinski definition) is 4. The van der Waals surface area contributed by atoms with E-state index in [1.165, 1.54) is 5.56 Å². The van der Waals surface area contributed by atoms with E-state index in [4.69, 9.17) is 4.74 Å². The van der Waals surface area contributed by atoms with Crippen LogP contribution in [0, 0.1) is 11.8 Å². The lowest BCUT2D eigenvalue weighted by molar-refractivity contribution is -0.140. The average Bonchev–Trinajstić information content (AvgIpc) is 3.02. The van der Waals surface area contributed by atoms with Gasteiger partial charge in [-0.05, 0) is 56.8 Å². The molecule has 4 atom stereocenters. The molecule has 2 fully saturated rings. The molecule has 0 aromatic carbocycles. The quantitative estimate of drug-likeness (QED) is 0.823. The molecule has 0 bridgehead atoms. The summed E-state index contributed by atoms with van der Waals surface area (Å²) in [6.07, 6.45) is 7.87. The predicted molar refractivity (Wildman–Crippen MR) is 98.1 cm³/mol. The number of nitrogens with zero attached hydrogens (tertiary/aromatic N) is 3. The van der Waals surface area contributed by atoms with Gasteiger partial charge < -0.3 is 9.64 Å². The van der Waals surface area contributed by atoms with Gasteiger partial charge in [0.05, 0.1) is 6.10 Å². The Balaban J connectivity index is 1.63. The van der Waals surface area contributed by atoms with Gasteiger partial charge in [-0.1, -0.05) is 13.0 Å². The minimum Gasteiger partial charge on any atom is -0.378 e. The monoisotopic (exact) mass is 345 g/mol. The first kappa shape index (κ1) is 18.3. The Morgan fingerprint density at radius 1 is 1.44 bits per heavy atom. The number of amides is 1. The Labute approximate surface area is 151 Å². The fourth-order valence-corrected chi connectivity index (χ4v) is 4.44. The van der Waals surface area contributed by atoms with Gasteiger partial charge in [0.25, 0.3) is 0 Å². The second-order valence-corrected chi connectivity index (χ2v) is 7.60. The maximum atomic E-state index is 12.9. The molecule has 2 aliphatic heterocycles. The van der Waals surface area contributed by atoms with Gasteiger partial charge in [0.2, 0.25) is 5.91 Å². The minimum atomic E-state index is 0.125. The van der Waals surface area contributed by atoms with Crippen molar-refractivity contribution in [1.29, 1.82) is 0 Å². The van der Waals surface area contributed by atoms with Gasteiger partial charge in [-0.3, -0.25) is 14.7 Å². The normalized spacial score (nSPS) is 30.4. The standard InChI is InChI=1S/C20H31N3O2/c1-4-18-12-15(8-11-25-18)20(24)23(3)14-17-7-10-22(2)19(17)16-6-5-9-21-13-16/h5-6,9,13,15,17-19H,4,7-8,10-12,14H2,1-3H3/t15-,17-,18+,19-/m0/s1. The van der Waals surface area contributed by atoms with Gasteiger partial charge >= 0.3 is 0 Å². The summed E-state index contributed by atoms with van der Waals surface area (Å²) in [5.41, 5.74) is 1.26. The number of carbonyl (C=O) groups is 1. The summed E-state index contributed by atoms with van der Waals surface area (Å²) in [5.74, 6) is 0.880. The average molecular weight is 345 g/mol. The second kappa shape index (κ2) is 8.28. The van der Waals surface area contributed by atoms with E-state index in [1.54, 1.807) is 0 Å². The number of hydrogen-bond donors (Lipinski definition) is 0. The molecule has 5 nitrogen and oxygen atoms in total. The molecule has 0 unspecified atom stereocenters. The van der Waals surface area contributed by atoms with Crippen LogP contribution in [0.2, 0.25) is 0 Å². The van der Waals surface area contributed by atoms with E-state index in [1.807, 2.05) is 30.4 Å². The third kappa shape index (κ3) is 4.21. The number of carbonyl (C=O) groups excluding carboxylic acids is 1. The Hall–Kier alpha value is -1.46. The molecule has 2 saturated heterocycles. The van der Waals surface area contributed by atoms with E-state index in [2.05, 4.69) is 29.9 Å². The molecular weight excluding hydrogens is 314 g/mol. The smallest absolute Gasteiger partial charge is 0.225 e. The summed E-state index contributed by atoms with van der Waals surface area (Å²) in [6, 6.07) is 4.50. The lowest BCUT2D eigenvalue weighted by Gasteiger charge is -2.33. The summed E-state index contributed by atoms with van der Waals surface area (Å²) in [7, 11) is 4.14. The molecule has 0 saturated carbocycles. The largest absolute Gasteiger partial charge is 0.378 e. The highest BCUT2D eigenvalue weighted by atomic mass is 16.5. The van der Waals surface area contributed by atoms with Crippen molar-refractivity contribution < 1.29 is 9.53 Å². The van der Waals surface area contributed by atoms with Crippen LogP contribution < -0.4 is 0 Å². The molecule has 138 valence electrons. The third-order valence-electron chi connectivity index (χ3n) is 5.86. The van der Waals surface area contributed by atoms with E-state index >= 15 is 0 Å². The molecule has 0 aliphatic carbocycles. The van der Waals surface area contributed by atoms with Gasteiger partial charge in [0, 0.05) is 44.6 Å². The molecule has 5 heteroatoms. The van der Waals surface area contributed by atoms with Gasteiger partial charge in [0.15, 0.2) is 0 Å². The maximum absolute atomic E-state index is 12.9. The van der Waals surface area contributed by atoms with Crippen LogP contribution in [-0.4, -0.2) is 60.6 Å². The molecule has 1 aromatic heterocycles. The van der Waals surface area contributed by atoms with E-state index < -0.39 is 0 Å². The van der Waals surface area contributed by atoms with Crippen LogP contribution in [0.3, 0.4) is 0 Å². The highest BCUT2D eigenvalue weighted by molar-refractivity contribution is 5.78. The number of aromatic nitrogens is 1. The van der Waals surface area contributed by atoms with Crippen LogP contribution in [0.25, 0.3) is 0 Å². The van der Waals surface area contributed by atoms with Crippen molar-refractivity contribution in [3.8, 4) is 0 Å². The van der Waals surface area contributed by atoms with Crippen molar-refractivity contribution >= 4 is 5.91 Å². The van der Waals surface area contributed by atoms with Gasteiger partial charge in [0.1, 0.15) is 0 Å². The summed E-state index contributed by atoms with van der Waals surface area (Å²) < 4.78 is 5.73. The maximum Gasteiger partial charge on any atom is 0.225 e. The van der Waals surface area contributed by atoms with Crippen LogP contribution >= 0.6 is 0 Å². The highest BCUT2D eigenvalue weighted by Crippen LogP contribution is 2.36. The van der Waals surface area contributed by atoms with Crippen LogP contribution in [0.1, 0.15) is 44.2 Å². The lowest BCUT2D eigenvalue weighted by Crippen LogP contribution is -2.41. The van der Waals surface area contributed by atoms with Gasteiger partial charge in [-0.25, -0.2) is 0 Å². The topological polar surface area (TPSA) is 45.7 Å². The SMILES string of the molecule is CC[C@@H]1C[C@@H](C(=O)N(C)C[C@@H]2CCN(C)[C@H]2c2cccnc2)CCO1. The van der Waals surface area contributed by atoms with Crippen LogP contribution in [0.5, 0.6) is 0 Å². The molecule has 0 radical (unpaired) electrons. The van der Waals surface area contributed by atoms with Gasteiger partial charge in [-0.2, -0.15) is 0 Å². The highest BCUT2D eigenvalue weighted by Gasteiger charge is 2.36. The van der Waals surface area contributed by atoms with Gasteiger partial charge in [-0.15, -0.1) is 0 Å². The first-order chi connectivity index (χ1) is 12.1. The second-order valence-electron chi connectivity index (χ2n) is 7.60. The van der Waals surface area contributed by atoms with Crippen molar-refractivity contribution in [1.82, 2.24) is 14.8 Å². The number of rotatable bonds is 5. The van der Waals surface area contributed by atoms with Crippen molar-refractivity contribution in [3.05, 3.63) is 30.1 Å². The Bertz CT molecular complexity index is 565. The summed E-state index contributed by atoms with van der Waals surface area (Å²) >= 11 is 0. The van der Waals surface area contributed by atoms with Crippen molar-refractivity contribution in [2.75, 3.05) is 33.8 Å². The van der Waals surface area contributed by atoms with E-state index in [9.17, 15) is 4.79 Å². The van der Waals surface area contributed by atoms with Crippen LogP contribution in [0.4, 0.5) is 0 Å². The summed E-state index contributed by atoms with van der Waals surface area (Å²) in [5, 5.41) is 0. The predicted octanol–water partition coefficient (Wildman–Crippen LogP) is 2.74. The third-order valence-corrected chi connectivity index (χ3v) is 5.86. The number of likely N-dealkylation sites (tertiary alicyclic amines) is 1. The van der Waals surface area contributed by atoms with E-state index in [0.717, 1.165) is 38.8 Å². The molecule has 25 heavy (non-hydrogen) atoms. The fraction of sp³-hybridized carbons (Fsp3) is 0.700. The fourth-order valence-electron chi connectivity index (χ4n) is 4.44. The van der Waals surface area contributed by atoms with E-state index in [0.29, 0.717) is 24.5 Å². The minimum absolute atomic E-state index is 0.125. The van der Waals surface area contributed by atoms with Crippen molar-refractivity contribution in [2.45, 2.75) is 44.8 Å². The molecule has 0 spiro atoms. The molecule has 3 heterocycles. The van der Waals surface area contributed by atoms with Crippen LogP contribution in [-0.2, 0) is 9.53 Å². The lowest BCUT2D eigenvalue weighted by atomic mass is 9.91. The number of pyridine rings is 1. The molecular formula is C20H31N3O2. The van der Waals surface area contributed by atoms with E-state index in [-0.39, 0.29) is 12.0 Å². The molecule has 3 rings (SSSR count). The van der Waals surface area contributed by atoms with Crippen molar-refractivity contribution in [3.63, 3.8) is 0 Å². The Kier molecular flexibility index (Phi) is 6.07. The number of ether oxygens (including phenoxy) is 1. The summed E-state index contributed by atoms with van der Waals surface area (Å²) in [6.45, 7) is 4.74. The van der Waals surface area contributed by atoms with Crippen molar-refractivity contribution in [2.24, 2.45) is 11.8 Å². The molecule has 1 amide bonds. The Morgan fingerprint density at radius 2 is 2.28 bits per heavy atom. The summed E-state index contributed by atoms with van der Waals surface area (Å²) in [4.78, 5) is 21.6. The zero-order valence-electron chi connectivity index (χ0n) is 15.7. The molecule has 2 aliphatic rings. The first-order valence-corrected chi connectivity index (χ1v) is 9.56. The zero-order valence-corrected chi connectivity index (χ0v) is 15.7. The van der Waals surface area contributed by atoms with Crippen LogP contribution in [0.15, 0.2) is 24.5 Å². The molecule has 1 aromatic rings. The Morgan fingerprint density at radius 3 is 3.00 bits per heavy atom. The zero-order chi connectivity index (χ0) is 17.8. The molecule has 0 N–H and O–H groups in total. The first-order valence-electron chi connectivity index (χ1n) is 9.56.